The molecule has 164 valence electrons. The van der Waals surface area contributed by atoms with Crippen LogP contribution < -0.4 is 10.6 Å². The molecule has 6 nitrogen and oxygen atoms in total. The van der Waals surface area contributed by atoms with Gasteiger partial charge in [-0.1, -0.05) is 54.6 Å². The van der Waals surface area contributed by atoms with Crippen molar-refractivity contribution in [3.8, 4) is 0 Å². The maximum Gasteiger partial charge on any atom is 0.262 e. The van der Waals surface area contributed by atoms with E-state index in [1.54, 1.807) is 23.1 Å². The first kappa shape index (κ1) is 21.8. The van der Waals surface area contributed by atoms with E-state index in [9.17, 15) is 14.4 Å². The number of thiophene rings is 1. The van der Waals surface area contributed by atoms with Crippen molar-refractivity contribution in [3.05, 3.63) is 94.2 Å². The first-order valence-corrected chi connectivity index (χ1v) is 11.5. The molecule has 32 heavy (non-hydrogen) atoms. The van der Waals surface area contributed by atoms with Crippen molar-refractivity contribution >= 4 is 29.1 Å². The molecule has 4 rings (SSSR count). The standard InChI is InChI=1S/C25H25N3O3S/c29-23(19-10-5-2-6-11-19)26-20-13-15-28(16-14-20)25(31)22(18-8-3-1-4-9-18)27-24(30)21-12-7-17-32-21/h1-12,17,20,22H,13-16H2,(H,26,29)(H,27,30)/t22-/m1/s1. The van der Waals surface area contributed by atoms with E-state index in [0.29, 0.717) is 36.4 Å². The van der Waals surface area contributed by atoms with Gasteiger partial charge in [-0.25, -0.2) is 0 Å². The summed E-state index contributed by atoms with van der Waals surface area (Å²) in [5, 5.41) is 7.81. The Hall–Kier alpha value is -3.45. The zero-order chi connectivity index (χ0) is 22.3. The van der Waals surface area contributed by atoms with E-state index in [4.69, 9.17) is 0 Å². The van der Waals surface area contributed by atoms with Crippen molar-refractivity contribution in [2.75, 3.05) is 13.1 Å². The summed E-state index contributed by atoms with van der Waals surface area (Å²) in [6, 6.07) is 21.3. The SMILES string of the molecule is O=C(NC1CCN(C(=O)[C@H](NC(=O)c2cccs2)c2ccccc2)CC1)c1ccccc1. The van der Waals surface area contributed by atoms with Gasteiger partial charge in [-0.3, -0.25) is 14.4 Å². The third-order valence-electron chi connectivity index (χ3n) is 5.58. The van der Waals surface area contributed by atoms with Crippen LogP contribution in [0.15, 0.2) is 78.2 Å². The predicted octanol–water partition coefficient (Wildman–Crippen LogP) is 3.64. The van der Waals surface area contributed by atoms with Gasteiger partial charge in [-0.2, -0.15) is 0 Å². The first-order valence-electron chi connectivity index (χ1n) is 10.7. The van der Waals surface area contributed by atoms with Crippen molar-refractivity contribution in [1.29, 1.82) is 0 Å². The fraction of sp³-hybridized carbons (Fsp3) is 0.240. The Bertz CT molecular complexity index is 1050. The number of piperidine rings is 1. The molecule has 1 saturated heterocycles. The van der Waals surface area contributed by atoms with E-state index in [1.807, 2.05) is 60.0 Å². The van der Waals surface area contributed by atoms with Gasteiger partial charge in [0.25, 0.3) is 11.8 Å². The molecule has 7 heteroatoms. The molecule has 3 aromatic rings. The Balaban J connectivity index is 1.39. The molecular formula is C25H25N3O3S. The van der Waals surface area contributed by atoms with Crippen molar-refractivity contribution < 1.29 is 14.4 Å². The molecule has 0 unspecified atom stereocenters. The monoisotopic (exact) mass is 447 g/mol. The predicted molar refractivity (Wildman–Crippen MR) is 124 cm³/mol. The van der Waals surface area contributed by atoms with Crippen LogP contribution in [0.2, 0.25) is 0 Å². The van der Waals surface area contributed by atoms with Crippen molar-refractivity contribution in [2.24, 2.45) is 0 Å². The Labute approximate surface area is 191 Å². The zero-order valence-corrected chi connectivity index (χ0v) is 18.4. The molecule has 1 aliphatic rings. The van der Waals surface area contributed by atoms with Gasteiger partial charge in [-0.15, -0.1) is 11.3 Å². The molecule has 1 fully saturated rings. The Kier molecular flexibility index (Phi) is 6.97. The summed E-state index contributed by atoms with van der Waals surface area (Å²) in [5.41, 5.74) is 1.38. The van der Waals surface area contributed by atoms with E-state index in [2.05, 4.69) is 10.6 Å². The number of nitrogens with zero attached hydrogens (tertiary/aromatic N) is 1. The van der Waals surface area contributed by atoms with Gasteiger partial charge in [0.1, 0.15) is 6.04 Å². The second-order valence-corrected chi connectivity index (χ2v) is 8.68. The summed E-state index contributed by atoms with van der Waals surface area (Å²) < 4.78 is 0. The molecule has 0 spiro atoms. The van der Waals surface area contributed by atoms with Crippen LogP contribution in [0.3, 0.4) is 0 Å². The average molecular weight is 448 g/mol. The highest BCUT2D eigenvalue weighted by Gasteiger charge is 2.31. The number of carbonyl (C=O) groups is 3. The van der Waals surface area contributed by atoms with Crippen molar-refractivity contribution in [3.63, 3.8) is 0 Å². The topological polar surface area (TPSA) is 78.5 Å². The molecule has 2 N–H and O–H groups in total. The summed E-state index contributed by atoms with van der Waals surface area (Å²) in [5.74, 6) is -0.484. The highest BCUT2D eigenvalue weighted by Crippen LogP contribution is 2.21. The van der Waals surface area contributed by atoms with Gasteiger partial charge < -0.3 is 15.5 Å². The van der Waals surface area contributed by atoms with Crippen LogP contribution in [0.5, 0.6) is 0 Å². The van der Waals surface area contributed by atoms with E-state index in [-0.39, 0.29) is 23.8 Å². The van der Waals surface area contributed by atoms with Crippen LogP contribution in [0, 0.1) is 0 Å². The molecule has 0 radical (unpaired) electrons. The quantitative estimate of drug-likeness (QED) is 0.606. The molecule has 2 aromatic carbocycles. The van der Waals surface area contributed by atoms with Crippen LogP contribution in [-0.4, -0.2) is 41.8 Å². The molecule has 0 aliphatic carbocycles. The summed E-state index contributed by atoms with van der Waals surface area (Å²) in [6.45, 7) is 1.05. The fourth-order valence-corrected chi connectivity index (χ4v) is 4.46. The number of hydrogen-bond donors (Lipinski definition) is 2. The largest absolute Gasteiger partial charge is 0.349 e. The minimum absolute atomic E-state index is 0.0163. The zero-order valence-electron chi connectivity index (χ0n) is 17.6. The lowest BCUT2D eigenvalue weighted by Gasteiger charge is -2.34. The maximum absolute atomic E-state index is 13.4. The summed E-state index contributed by atoms with van der Waals surface area (Å²) in [7, 11) is 0. The third kappa shape index (κ3) is 5.23. The average Bonchev–Trinajstić information content (AvgIpc) is 3.39. The molecule has 0 saturated carbocycles. The van der Waals surface area contributed by atoms with E-state index in [0.717, 1.165) is 5.56 Å². The summed E-state index contributed by atoms with van der Waals surface area (Å²) >= 11 is 1.34. The number of hydrogen-bond acceptors (Lipinski definition) is 4. The number of likely N-dealkylation sites (tertiary alicyclic amines) is 1. The van der Waals surface area contributed by atoms with Crippen molar-refractivity contribution in [2.45, 2.75) is 24.9 Å². The molecule has 1 aromatic heterocycles. The van der Waals surface area contributed by atoms with Gasteiger partial charge in [0.15, 0.2) is 0 Å². The van der Waals surface area contributed by atoms with Crippen LogP contribution >= 0.6 is 11.3 Å². The van der Waals surface area contributed by atoms with Gasteiger partial charge in [0.05, 0.1) is 4.88 Å². The minimum atomic E-state index is -0.749. The Morgan fingerprint density at radius 3 is 2.12 bits per heavy atom. The van der Waals surface area contributed by atoms with E-state index in [1.165, 1.54) is 11.3 Å². The number of amides is 3. The Morgan fingerprint density at radius 2 is 1.50 bits per heavy atom. The summed E-state index contributed by atoms with van der Waals surface area (Å²) in [4.78, 5) is 40.8. The fourth-order valence-electron chi connectivity index (χ4n) is 3.83. The number of carbonyl (C=O) groups excluding carboxylic acids is 3. The van der Waals surface area contributed by atoms with Crippen LogP contribution in [-0.2, 0) is 4.79 Å². The lowest BCUT2D eigenvalue weighted by Crippen LogP contribution is -2.50. The second kappa shape index (κ2) is 10.2. The highest BCUT2D eigenvalue weighted by atomic mass is 32.1. The lowest BCUT2D eigenvalue weighted by molar-refractivity contribution is -0.134. The van der Waals surface area contributed by atoms with E-state index < -0.39 is 6.04 Å². The molecule has 0 bridgehead atoms. The molecular weight excluding hydrogens is 422 g/mol. The van der Waals surface area contributed by atoms with Gasteiger partial charge in [0, 0.05) is 24.7 Å². The number of rotatable bonds is 6. The minimum Gasteiger partial charge on any atom is -0.349 e. The first-order chi connectivity index (χ1) is 15.6. The molecule has 1 aliphatic heterocycles. The normalized spacial score (nSPS) is 15.1. The van der Waals surface area contributed by atoms with Crippen molar-refractivity contribution in [1.82, 2.24) is 15.5 Å². The Morgan fingerprint density at radius 1 is 0.844 bits per heavy atom. The third-order valence-corrected chi connectivity index (χ3v) is 6.45. The molecule has 1 atom stereocenters. The number of nitrogens with one attached hydrogen (secondary N) is 2. The maximum atomic E-state index is 13.4. The lowest BCUT2D eigenvalue weighted by atomic mass is 10.0. The van der Waals surface area contributed by atoms with Crippen LogP contribution in [0.4, 0.5) is 0 Å². The van der Waals surface area contributed by atoms with Gasteiger partial charge >= 0.3 is 0 Å². The van der Waals surface area contributed by atoms with Crippen LogP contribution in [0.1, 0.15) is 44.5 Å². The molecule has 3 amide bonds. The summed E-state index contributed by atoms with van der Waals surface area (Å²) in [6.07, 6.45) is 1.34. The van der Waals surface area contributed by atoms with E-state index >= 15 is 0 Å². The second-order valence-electron chi connectivity index (χ2n) is 7.73. The van der Waals surface area contributed by atoms with Crippen LogP contribution in [0.25, 0.3) is 0 Å². The van der Waals surface area contributed by atoms with Gasteiger partial charge in [0.2, 0.25) is 5.91 Å². The highest BCUT2D eigenvalue weighted by molar-refractivity contribution is 7.12. The number of benzene rings is 2. The van der Waals surface area contributed by atoms with Gasteiger partial charge in [-0.05, 0) is 42.0 Å². The smallest absolute Gasteiger partial charge is 0.262 e. The molecule has 2 heterocycles.